The Morgan fingerprint density at radius 1 is 1.29 bits per heavy atom. The third-order valence-electron chi connectivity index (χ3n) is 2.35. The molecular weight excluding hydrogens is 231 g/mol. The van der Waals surface area contributed by atoms with Crippen LogP contribution in [0.2, 0.25) is 0 Å². The van der Waals surface area contributed by atoms with Crippen LogP contribution in [0.4, 0.5) is 13.2 Å². The minimum absolute atomic E-state index is 0.263. The summed E-state index contributed by atoms with van der Waals surface area (Å²) in [5.74, 6) is -0.794. The molecule has 0 aliphatic carbocycles. The van der Waals surface area contributed by atoms with Crippen LogP contribution >= 0.6 is 0 Å². The summed E-state index contributed by atoms with van der Waals surface area (Å²) in [6, 6.07) is 7.83. The Labute approximate surface area is 96.7 Å². The van der Waals surface area contributed by atoms with Crippen molar-refractivity contribution in [2.75, 3.05) is 0 Å². The highest BCUT2D eigenvalue weighted by Gasteiger charge is 2.28. The molecule has 0 aliphatic rings. The van der Waals surface area contributed by atoms with Gasteiger partial charge in [-0.3, -0.25) is 4.79 Å². The number of hydrogen-bond acceptors (Lipinski definition) is 2. The van der Waals surface area contributed by atoms with E-state index in [-0.39, 0.29) is 6.42 Å². The largest absolute Gasteiger partial charge is 0.389 e. The summed E-state index contributed by atoms with van der Waals surface area (Å²) >= 11 is 0. The van der Waals surface area contributed by atoms with E-state index in [0.29, 0.717) is 17.4 Å². The van der Waals surface area contributed by atoms with Gasteiger partial charge in [-0.25, -0.2) is 0 Å². The van der Waals surface area contributed by atoms with Crippen LogP contribution in [0.3, 0.4) is 0 Å². The van der Waals surface area contributed by atoms with Crippen LogP contribution in [0.5, 0.6) is 0 Å². The Morgan fingerprint density at radius 3 is 2.29 bits per heavy atom. The fourth-order valence-corrected chi connectivity index (χ4v) is 1.42. The molecule has 2 nitrogen and oxygen atoms in total. The zero-order valence-corrected chi connectivity index (χ0v) is 8.87. The van der Waals surface area contributed by atoms with Crippen molar-refractivity contribution in [1.29, 1.82) is 5.26 Å². The van der Waals surface area contributed by atoms with Gasteiger partial charge in [0.2, 0.25) is 0 Å². The molecule has 0 amide bonds. The van der Waals surface area contributed by atoms with Gasteiger partial charge in [0.05, 0.1) is 12.0 Å². The minimum atomic E-state index is -4.25. The Bertz CT molecular complexity index is 417. The van der Waals surface area contributed by atoms with E-state index in [4.69, 9.17) is 5.26 Å². The molecule has 0 aliphatic heterocycles. The quantitative estimate of drug-likeness (QED) is 0.757. The van der Waals surface area contributed by atoms with Crippen molar-refractivity contribution in [3.63, 3.8) is 0 Å². The van der Waals surface area contributed by atoms with Gasteiger partial charge in [-0.1, -0.05) is 24.3 Å². The van der Waals surface area contributed by atoms with Gasteiger partial charge in [-0.05, 0) is 12.0 Å². The lowest BCUT2D eigenvalue weighted by Crippen LogP contribution is -2.09. The molecule has 0 aromatic heterocycles. The number of benzene rings is 1. The summed E-state index contributed by atoms with van der Waals surface area (Å²) in [5.41, 5.74) is 0.934. The number of carbonyl (C=O) groups excluding carboxylic acids is 1. The summed E-state index contributed by atoms with van der Waals surface area (Å²) in [7, 11) is 0. The predicted molar refractivity (Wildman–Crippen MR) is 55.5 cm³/mol. The minimum Gasteiger partial charge on any atom is -0.298 e. The van der Waals surface area contributed by atoms with E-state index in [0.717, 1.165) is 0 Å². The van der Waals surface area contributed by atoms with Gasteiger partial charge in [0, 0.05) is 12.0 Å². The van der Waals surface area contributed by atoms with E-state index >= 15 is 0 Å². The summed E-state index contributed by atoms with van der Waals surface area (Å²) in [4.78, 5) is 10.4. The Hall–Kier alpha value is -1.83. The molecule has 5 heteroatoms. The van der Waals surface area contributed by atoms with Gasteiger partial charge in [0.25, 0.3) is 0 Å². The lowest BCUT2D eigenvalue weighted by Gasteiger charge is -2.11. The zero-order chi connectivity index (χ0) is 12.9. The molecule has 0 fully saturated rings. The molecular formula is C12H10F3NO. The molecule has 90 valence electrons. The molecule has 1 aromatic rings. The number of aldehydes is 1. The summed E-state index contributed by atoms with van der Waals surface area (Å²) < 4.78 is 36.1. The predicted octanol–water partition coefficient (Wildman–Crippen LogP) is 3.45. The lowest BCUT2D eigenvalue weighted by molar-refractivity contribution is -0.135. The van der Waals surface area contributed by atoms with E-state index in [9.17, 15) is 18.0 Å². The van der Waals surface area contributed by atoms with Crippen LogP contribution in [0, 0.1) is 11.3 Å². The van der Waals surface area contributed by atoms with Crippen molar-refractivity contribution in [2.24, 2.45) is 0 Å². The van der Waals surface area contributed by atoms with Crippen LogP contribution in [-0.2, 0) is 0 Å². The summed E-state index contributed by atoms with van der Waals surface area (Å²) in [6.45, 7) is 0. The topological polar surface area (TPSA) is 40.9 Å². The van der Waals surface area contributed by atoms with E-state index in [1.54, 1.807) is 0 Å². The Balaban J connectivity index is 2.73. The highest BCUT2D eigenvalue weighted by Crippen LogP contribution is 2.28. The SMILES string of the molecule is N#CC(CCC(F)(F)F)c1ccc(C=O)cc1. The Kier molecular flexibility index (Phi) is 4.27. The Morgan fingerprint density at radius 2 is 1.88 bits per heavy atom. The van der Waals surface area contributed by atoms with E-state index in [1.165, 1.54) is 24.3 Å². The molecule has 1 rings (SSSR count). The molecule has 0 N–H and O–H groups in total. The first-order valence-electron chi connectivity index (χ1n) is 4.98. The average molecular weight is 241 g/mol. The van der Waals surface area contributed by atoms with Gasteiger partial charge in [0.1, 0.15) is 6.29 Å². The fourth-order valence-electron chi connectivity index (χ4n) is 1.42. The van der Waals surface area contributed by atoms with E-state index in [1.807, 2.05) is 6.07 Å². The highest BCUT2D eigenvalue weighted by molar-refractivity contribution is 5.74. The highest BCUT2D eigenvalue weighted by atomic mass is 19.4. The molecule has 1 atom stereocenters. The second-order valence-electron chi connectivity index (χ2n) is 3.62. The number of halogens is 3. The normalized spacial score (nSPS) is 12.8. The van der Waals surface area contributed by atoms with Crippen LogP contribution in [-0.4, -0.2) is 12.5 Å². The van der Waals surface area contributed by atoms with Crippen LogP contribution < -0.4 is 0 Å². The number of hydrogen-bond donors (Lipinski definition) is 0. The first-order valence-corrected chi connectivity index (χ1v) is 4.98. The smallest absolute Gasteiger partial charge is 0.298 e. The monoisotopic (exact) mass is 241 g/mol. The average Bonchev–Trinajstić information content (AvgIpc) is 2.29. The maximum atomic E-state index is 12.0. The number of nitrogens with zero attached hydrogens (tertiary/aromatic N) is 1. The maximum Gasteiger partial charge on any atom is 0.389 e. The second kappa shape index (κ2) is 5.48. The molecule has 17 heavy (non-hydrogen) atoms. The summed E-state index contributed by atoms with van der Waals surface area (Å²) in [5, 5.41) is 8.82. The lowest BCUT2D eigenvalue weighted by atomic mass is 9.95. The van der Waals surface area contributed by atoms with Gasteiger partial charge in [0.15, 0.2) is 0 Å². The van der Waals surface area contributed by atoms with Crippen molar-refractivity contribution in [1.82, 2.24) is 0 Å². The van der Waals surface area contributed by atoms with Crippen molar-refractivity contribution < 1.29 is 18.0 Å². The number of carbonyl (C=O) groups is 1. The van der Waals surface area contributed by atoms with E-state index < -0.39 is 18.5 Å². The number of nitriles is 1. The van der Waals surface area contributed by atoms with Crippen molar-refractivity contribution >= 4 is 6.29 Å². The van der Waals surface area contributed by atoms with E-state index in [2.05, 4.69) is 0 Å². The molecule has 1 unspecified atom stereocenters. The van der Waals surface area contributed by atoms with Crippen molar-refractivity contribution in [3.8, 4) is 6.07 Å². The molecule has 0 spiro atoms. The molecule has 0 radical (unpaired) electrons. The third kappa shape index (κ3) is 4.27. The molecule has 0 saturated heterocycles. The molecule has 0 saturated carbocycles. The molecule has 0 heterocycles. The van der Waals surface area contributed by atoms with Gasteiger partial charge in [-0.15, -0.1) is 0 Å². The summed E-state index contributed by atoms with van der Waals surface area (Å²) in [6.07, 6.45) is -4.86. The fraction of sp³-hybridized carbons (Fsp3) is 0.333. The van der Waals surface area contributed by atoms with Crippen LogP contribution in [0.15, 0.2) is 24.3 Å². The third-order valence-corrected chi connectivity index (χ3v) is 2.35. The van der Waals surface area contributed by atoms with Crippen LogP contribution in [0.1, 0.15) is 34.7 Å². The van der Waals surface area contributed by atoms with Gasteiger partial charge < -0.3 is 0 Å². The first-order chi connectivity index (χ1) is 7.96. The first kappa shape index (κ1) is 13.2. The number of alkyl halides is 3. The van der Waals surface area contributed by atoms with Crippen molar-refractivity contribution in [3.05, 3.63) is 35.4 Å². The van der Waals surface area contributed by atoms with Gasteiger partial charge in [-0.2, -0.15) is 18.4 Å². The maximum absolute atomic E-state index is 12.0. The molecule has 1 aromatic carbocycles. The number of rotatable bonds is 4. The van der Waals surface area contributed by atoms with Crippen molar-refractivity contribution in [2.45, 2.75) is 24.9 Å². The molecule has 0 bridgehead atoms. The van der Waals surface area contributed by atoms with Gasteiger partial charge >= 0.3 is 6.18 Å². The standard InChI is InChI=1S/C12H10F3NO/c13-12(14,15)6-5-11(7-16)10-3-1-9(8-17)2-4-10/h1-4,8,11H,5-6H2. The van der Waals surface area contributed by atoms with Crippen LogP contribution in [0.25, 0.3) is 0 Å². The second-order valence-corrected chi connectivity index (χ2v) is 3.62. The zero-order valence-electron chi connectivity index (χ0n) is 8.87.